The number of benzene rings is 8. The van der Waals surface area contributed by atoms with Gasteiger partial charge in [-0.3, -0.25) is 33.8 Å². The number of carbonyl (C=O) groups is 6. The first-order chi connectivity index (χ1) is 61.6. The van der Waals surface area contributed by atoms with E-state index in [9.17, 15) is 37.5 Å². The second-order valence-electron chi connectivity index (χ2n) is 31.5. The Balaban J connectivity index is 0.000000139. The summed E-state index contributed by atoms with van der Waals surface area (Å²) >= 11 is 57.1. The van der Waals surface area contributed by atoms with Crippen molar-refractivity contribution >= 4 is 191 Å². The molecular formula is C97H85Cl9F2N10O10S. The molecule has 6 amide bonds. The lowest BCUT2D eigenvalue weighted by molar-refractivity contribution is -0.191. The van der Waals surface area contributed by atoms with Crippen molar-refractivity contribution in [1.29, 1.82) is 0 Å². The zero-order chi connectivity index (χ0) is 92.8. The van der Waals surface area contributed by atoms with Crippen molar-refractivity contribution in [3.8, 4) is 11.5 Å². The molecule has 6 aliphatic rings. The maximum atomic E-state index is 14.2. The summed E-state index contributed by atoms with van der Waals surface area (Å²) in [6.45, 7) is 8.50. The fourth-order valence-corrected chi connectivity index (χ4v) is 19.6. The van der Waals surface area contributed by atoms with Crippen LogP contribution in [0.4, 0.5) is 42.6 Å². The number of thiazole rings is 1. The molecule has 6 fully saturated rings. The molecule has 4 aromatic heterocycles. The van der Waals surface area contributed by atoms with Gasteiger partial charge < -0.3 is 41.4 Å². The van der Waals surface area contributed by atoms with Crippen LogP contribution in [0.5, 0.6) is 11.5 Å². The summed E-state index contributed by atoms with van der Waals surface area (Å²) in [5.41, 5.74) is 9.97. The Morgan fingerprint density at radius 1 is 0.364 bits per heavy atom. The Morgan fingerprint density at radius 3 is 1.20 bits per heavy atom. The molecule has 12 atom stereocenters. The van der Waals surface area contributed by atoms with Gasteiger partial charge in [0, 0.05) is 71.1 Å². The van der Waals surface area contributed by atoms with E-state index in [2.05, 4.69) is 96.9 Å². The van der Waals surface area contributed by atoms with Crippen molar-refractivity contribution in [3.05, 3.63) is 347 Å². The number of hydrogen-bond acceptors (Lipinski definition) is 15. The van der Waals surface area contributed by atoms with Crippen LogP contribution < -0.4 is 41.4 Å². The molecule has 0 radical (unpaired) electrons. The van der Waals surface area contributed by atoms with Crippen LogP contribution in [0.3, 0.4) is 0 Å². The van der Waals surface area contributed by atoms with Gasteiger partial charge >= 0.3 is 6.15 Å². The van der Waals surface area contributed by atoms with E-state index in [-0.39, 0.29) is 70.7 Å². The van der Waals surface area contributed by atoms with Crippen LogP contribution in [-0.4, -0.2) is 99.0 Å². The van der Waals surface area contributed by atoms with E-state index in [1.54, 1.807) is 109 Å². The number of halogens is 11. The second kappa shape index (κ2) is 42.3. The number of alkyl halides is 10. The number of ether oxygens (including phenoxy) is 2. The molecule has 6 aliphatic carbocycles. The molecule has 4 heterocycles. The number of carbonyl (C=O) groups excluding carboxylic acids is 8. The van der Waals surface area contributed by atoms with E-state index >= 15 is 0 Å². The minimum absolute atomic E-state index is 0.0164. The van der Waals surface area contributed by atoms with Gasteiger partial charge in [-0.25, -0.2) is 23.7 Å². The van der Waals surface area contributed by atoms with Gasteiger partial charge in [-0.1, -0.05) is 225 Å². The highest BCUT2D eigenvalue weighted by Crippen LogP contribution is 2.69. The first-order valence-corrected chi connectivity index (χ1v) is 44.5. The molecule has 18 rings (SSSR count). The van der Waals surface area contributed by atoms with Crippen molar-refractivity contribution in [2.45, 2.75) is 86.5 Å². The number of nitrogens with zero attached hydrogens (tertiary/aromatic N) is 4. The largest absolute Gasteiger partial charge is 0.493 e. The maximum Gasteiger partial charge on any atom is 0.373 e. The van der Waals surface area contributed by atoms with Gasteiger partial charge in [0.15, 0.2) is 16.6 Å². The smallest absolute Gasteiger partial charge is 0.373 e. The molecule has 0 saturated heterocycles. The van der Waals surface area contributed by atoms with Crippen LogP contribution >= 0.6 is 116 Å². The summed E-state index contributed by atoms with van der Waals surface area (Å²) in [7, 11) is 2.91. The summed E-state index contributed by atoms with van der Waals surface area (Å²) in [5, 5.41) is 19.4. The molecule has 12 aromatic rings. The minimum Gasteiger partial charge on any atom is -0.493 e. The topological polar surface area (TPSA) is 279 Å². The summed E-state index contributed by atoms with van der Waals surface area (Å²) in [6.07, 6.45) is 8.20. The zero-order valence-electron chi connectivity index (χ0n) is 69.7. The number of hydrogen-bond donors (Lipinski definition) is 6. The molecule has 0 bridgehead atoms. The van der Waals surface area contributed by atoms with Crippen LogP contribution in [0.15, 0.2) is 297 Å². The molecule has 666 valence electrons. The van der Waals surface area contributed by atoms with Crippen molar-refractivity contribution in [1.82, 2.24) is 19.9 Å². The molecule has 0 spiro atoms. The number of para-hydroxylation sites is 1. The fraction of sp³-hybridized carbons (Fsp3) is 0.247. The molecule has 8 aromatic carbocycles. The normalized spacial score (nSPS) is 22.1. The quantitative estimate of drug-likeness (QED) is 0.0387. The first-order valence-electron chi connectivity index (χ1n) is 40.3. The lowest BCUT2D eigenvalue weighted by Gasteiger charge is -2.09. The number of rotatable bonds is 20. The number of pyridine rings is 3. The molecular weight excluding hydrogens is 1850 g/mol. The van der Waals surface area contributed by atoms with Gasteiger partial charge in [0.05, 0.1) is 66.6 Å². The minimum atomic E-state index is -3.08. The average molecular weight is 1940 g/mol. The van der Waals surface area contributed by atoms with Crippen molar-refractivity contribution < 1.29 is 56.6 Å². The Bertz CT molecular complexity index is 5770. The van der Waals surface area contributed by atoms with Crippen LogP contribution in [0.2, 0.25) is 5.02 Å². The number of aromatic nitrogens is 4. The van der Waals surface area contributed by atoms with Gasteiger partial charge in [0.1, 0.15) is 34.9 Å². The molecule has 129 heavy (non-hydrogen) atoms. The second-order valence-corrected chi connectivity index (χ2v) is 38.6. The van der Waals surface area contributed by atoms with Crippen molar-refractivity contribution in [2.24, 2.45) is 40.9 Å². The maximum absolute atomic E-state index is 14.2. The standard InChI is InChI=1S/C20H23NO.C18H17F2NO3.C15H11Cl3N2O.2C15H12Cl2N2O.C13H10Cl2N2OS.CO2/c1-13-8-10-16(11-9-13)21-19(22)18-17(20(18,3)4)15-7-5-6-14(2)12-15;1-23-13-9-8-11(10-14(13)24-2)15-16(18(15,19)20)17(22)21-12-6-4-3-5-7-12;16-10-6-7-11(19-8-10)20-14(21)13-12(15(13,17)18)9-4-2-1-3-5-9;16-15(17)12(10-6-2-1-3-7-10)13(15)14(20)19-11-8-4-5-9-18-11;16-15(17)12(10-5-2-1-3-6-10)13(15)14(20)19-11-7-4-8-18-9-11;14-13(15)9(8-4-2-1-3-5-8)10(13)11(18)17-12-16-6-7-19-12;2-1-3/h5-12,17-18H,1-4H3,(H,21,22);3-10,15-16H,1-2H3,(H,21,22);1-8,12-13H,(H,19,20,21);1-9,12-13H,(H,18,19,20);1-9,12-13H,(H,19,20);1-7,9-10H,(H,16,17,18);. The third-order valence-corrected chi connectivity index (χ3v) is 27.1. The molecule has 20 nitrogen and oxygen atoms in total. The van der Waals surface area contributed by atoms with Crippen molar-refractivity contribution in [3.63, 3.8) is 0 Å². The van der Waals surface area contributed by atoms with Gasteiger partial charge in [-0.2, -0.15) is 9.59 Å². The van der Waals surface area contributed by atoms with Crippen LogP contribution in [-0.2, 0) is 38.4 Å². The molecule has 32 heteroatoms. The number of anilines is 6. The number of amides is 6. The number of nitrogens with one attached hydrogen (secondary N) is 6. The lowest BCUT2D eigenvalue weighted by atomic mass is 10.0. The molecule has 0 aliphatic heterocycles. The predicted octanol–water partition coefficient (Wildman–Crippen LogP) is 22.9. The third-order valence-electron chi connectivity index (χ3n) is 22.4. The van der Waals surface area contributed by atoms with E-state index in [1.165, 1.54) is 60.6 Å². The van der Waals surface area contributed by atoms with Gasteiger partial charge in [0.25, 0.3) is 5.92 Å². The highest BCUT2D eigenvalue weighted by Gasteiger charge is 2.73. The van der Waals surface area contributed by atoms with Gasteiger partial charge in [-0.05, 0) is 125 Å². The Hall–Kier alpha value is -10.9. The molecule has 6 saturated carbocycles. The highest BCUT2D eigenvalue weighted by molar-refractivity contribution is 7.13. The monoisotopic (exact) mass is 1930 g/mol. The van der Waals surface area contributed by atoms with Crippen LogP contribution in [0.25, 0.3) is 0 Å². The molecule has 6 N–H and O–H groups in total. The SMILES string of the molecule is COc1ccc(C2C(C(=O)Nc3ccccc3)C2(F)F)cc1OC.Cc1ccc(NC(=O)C2C(c3cccc(C)c3)C2(C)C)cc1.O=C(Nc1ccc(Cl)cn1)C1C(c2ccccc2)C1(Cl)Cl.O=C(Nc1ccccn1)C1C(c2ccccc2)C1(Cl)Cl.O=C(Nc1cccnc1)C1C(c2ccccc2)C1(Cl)Cl.O=C(Nc1nccs1)C1C(c2ccccc2)C1(Cl)Cl.O=C=O. The van der Waals surface area contributed by atoms with Crippen LogP contribution in [0.1, 0.15) is 93.9 Å². The van der Waals surface area contributed by atoms with E-state index in [1.807, 2.05) is 153 Å². The summed E-state index contributed by atoms with van der Waals surface area (Å²) in [6, 6.07) is 80.1. The fourth-order valence-electron chi connectivity index (χ4n) is 15.7. The van der Waals surface area contributed by atoms with Crippen LogP contribution in [0, 0.1) is 54.8 Å². The average Bonchev–Trinajstić information content (AvgIpc) is 1.58. The highest BCUT2D eigenvalue weighted by atomic mass is 35.5. The Kier molecular flexibility index (Phi) is 31.9. The van der Waals surface area contributed by atoms with Gasteiger partial charge in [-0.15, -0.1) is 104 Å². The number of methoxy groups -OCH3 is 2. The van der Waals surface area contributed by atoms with E-state index in [0.717, 1.165) is 27.9 Å². The molecule has 12 unspecified atom stereocenters. The first kappa shape index (κ1) is 97.2. The van der Waals surface area contributed by atoms with Crippen molar-refractivity contribution in [2.75, 3.05) is 46.1 Å². The predicted molar refractivity (Wildman–Crippen MR) is 505 cm³/mol. The Morgan fingerprint density at radius 2 is 0.775 bits per heavy atom. The van der Waals surface area contributed by atoms with E-state index in [4.69, 9.17) is 123 Å². The summed E-state index contributed by atoms with van der Waals surface area (Å²) < 4.78 is 34.4. The van der Waals surface area contributed by atoms with E-state index < -0.39 is 64.7 Å². The van der Waals surface area contributed by atoms with E-state index in [0.29, 0.717) is 56.1 Å². The zero-order valence-corrected chi connectivity index (χ0v) is 77.3. The van der Waals surface area contributed by atoms with Gasteiger partial charge in [0.2, 0.25) is 35.4 Å². The summed E-state index contributed by atoms with van der Waals surface area (Å²) in [5.74, 6) is -7.55. The summed E-state index contributed by atoms with van der Waals surface area (Å²) in [4.78, 5) is 106. The lowest BCUT2D eigenvalue weighted by Crippen LogP contribution is -2.17. The number of aryl methyl sites for hydroxylation is 2. The third kappa shape index (κ3) is 23.8. The Labute approximate surface area is 793 Å².